The van der Waals surface area contributed by atoms with E-state index in [0.717, 1.165) is 22.4 Å². The normalized spacial score (nSPS) is 10.9. The first-order chi connectivity index (χ1) is 15.4. The van der Waals surface area contributed by atoms with Crippen LogP contribution in [0.1, 0.15) is 31.9 Å². The molecule has 0 spiro atoms. The van der Waals surface area contributed by atoms with Crippen LogP contribution in [0.3, 0.4) is 0 Å². The number of carbonyl (C=O) groups excluding carboxylic acids is 1. The standard InChI is InChI=1S/C24H21Cl2N3O2S/c1-15-3-6-21(16(2)9-15)31-13-18-11-22(32-14-18)24(30)27-23-7-8-29(28-23)12-17-4-5-19(25)20(26)10-17/h3-11,14H,12-13H2,1-2H3,(H,27,28,30). The first-order valence-corrected chi connectivity index (χ1v) is 11.6. The van der Waals surface area contributed by atoms with E-state index in [1.165, 1.54) is 16.9 Å². The summed E-state index contributed by atoms with van der Waals surface area (Å²) in [5, 5.41) is 10.2. The Hall–Kier alpha value is -2.80. The van der Waals surface area contributed by atoms with E-state index in [1.807, 2.05) is 36.6 Å². The summed E-state index contributed by atoms with van der Waals surface area (Å²) in [7, 11) is 0. The molecule has 1 N–H and O–H groups in total. The molecule has 32 heavy (non-hydrogen) atoms. The third-order valence-corrected chi connectivity index (χ3v) is 6.53. The summed E-state index contributed by atoms with van der Waals surface area (Å²) in [6, 6.07) is 15.1. The summed E-state index contributed by atoms with van der Waals surface area (Å²) in [6.07, 6.45) is 1.80. The molecular formula is C24H21Cl2N3O2S. The monoisotopic (exact) mass is 485 g/mol. The number of nitrogens with zero attached hydrogens (tertiary/aromatic N) is 2. The molecule has 1 amide bonds. The molecule has 8 heteroatoms. The van der Waals surface area contributed by atoms with Gasteiger partial charge < -0.3 is 10.1 Å². The van der Waals surface area contributed by atoms with E-state index in [0.29, 0.717) is 33.9 Å². The van der Waals surface area contributed by atoms with Crippen LogP contribution in [0.2, 0.25) is 10.0 Å². The second kappa shape index (κ2) is 9.77. The highest BCUT2D eigenvalue weighted by Crippen LogP contribution is 2.24. The largest absolute Gasteiger partial charge is 0.489 e. The fourth-order valence-electron chi connectivity index (χ4n) is 3.21. The summed E-state index contributed by atoms with van der Waals surface area (Å²) < 4.78 is 7.64. The first kappa shape index (κ1) is 22.4. The lowest BCUT2D eigenvalue weighted by atomic mass is 10.1. The van der Waals surface area contributed by atoms with Crippen LogP contribution < -0.4 is 10.1 Å². The molecule has 0 aliphatic heterocycles. The molecule has 0 saturated carbocycles. The highest BCUT2D eigenvalue weighted by Gasteiger charge is 2.12. The fraction of sp³-hybridized carbons (Fsp3) is 0.167. The molecular weight excluding hydrogens is 465 g/mol. The Morgan fingerprint density at radius 3 is 2.69 bits per heavy atom. The Balaban J connectivity index is 1.34. The number of ether oxygens (including phenoxy) is 1. The van der Waals surface area contributed by atoms with E-state index >= 15 is 0 Å². The second-order valence-corrected chi connectivity index (χ2v) is 9.20. The maximum Gasteiger partial charge on any atom is 0.266 e. The van der Waals surface area contributed by atoms with Crippen molar-refractivity contribution in [2.24, 2.45) is 0 Å². The van der Waals surface area contributed by atoms with Crippen molar-refractivity contribution in [2.45, 2.75) is 27.0 Å². The highest BCUT2D eigenvalue weighted by molar-refractivity contribution is 7.12. The van der Waals surface area contributed by atoms with Crippen molar-refractivity contribution in [2.75, 3.05) is 5.32 Å². The van der Waals surface area contributed by atoms with E-state index in [4.69, 9.17) is 27.9 Å². The molecule has 0 aliphatic carbocycles. The van der Waals surface area contributed by atoms with Gasteiger partial charge >= 0.3 is 0 Å². The fourth-order valence-corrected chi connectivity index (χ4v) is 4.32. The third-order valence-electron chi connectivity index (χ3n) is 4.81. The number of halogens is 2. The lowest BCUT2D eigenvalue weighted by Gasteiger charge is -2.08. The number of hydrogen-bond donors (Lipinski definition) is 1. The molecule has 0 atom stereocenters. The minimum atomic E-state index is -0.201. The van der Waals surface area contributed by atoms with Crippen LogP contribution >= 0.6 is 34.5 Å². The number of anilines is 1. The molecule has 4 rings (SSSR count). The number of thiophene rings is 1. The van der Waals surface area contributed by atoms with Gasteiger partial charge in [0.25, 0.3) is 5.91 Å². The maximum absolute atomic E-state index is 12.6. The van der Waals surface area contributed by atoms with Crippen LogP contribution in [0.25, 0.3) is 0 Å². The van der Waals surface area contributed by atoms with Crippen molar-refractivity contribution in [3.8, 4) is 5.75 Å². The summed E-state index contributed by atoms with van der Waals surface area (Å²) in [6.45, 7) is 5.00. The van der Waals surface area contributed by atoms with Crippen LogP contribution in [0.5, 0.6) is 5.75 Å². The van der Waals surface area contributed by atoms with Crippen molar-refractivity contribution < 1.29 is 9.53 Å². The van der Waals surface area contributed by atoms with Crippen LogP contribution in [0.15, 0.2) is 60.1 Å². The predicted octanol–water partition coefficient (Wildman–Crippen LogP) is 6.75. The first-order valence-electron chi connectivity index (χ1n) is 9.93. The maximum atomic E-state index is 12.6. The van der Waals surface area contributed by atoms with E-state index in [9.17, 15) is 4.79 Å². The minimum absolute atomic E-state index is 0.201. The number of benzene rings is 2. The van der Waals surface area contributed by atoms with Gasteiger partial charge in [-0.25, -0.2) is 0 Å². The summed E-state index contributed by atoms with van der Waals surface area (Å²) in [4.78, 5) is 13.2. The number of rotatable bonds is 7. The zero-order valence-corrected chi connectivity index (χ0v) is 19.9. The van der Waals surface area contributed by atoms with E-state index < -0.39 is 0 Å². The molecule has 2 heterocycles. The molecule has 0 fully saturated rings. The lowest BCUT2D eigenvalue weighted by molar-refractivity contribution is 0.103. The summed E-state index contributed by atoms with van der Waals surface area (Å²) in [5.41, 5.74) is 4.20. The van der Waals surface area contributed by atoms with E-state index in [1.54, 1.807) is 29.1 Å². The molecule has 0 unspecified atom stereocenters. The Morgan fingerprint density at radius 1 is 1.06 bits per heavy atom. The summed E-state index contributed by atoms with van der Waals surface area (Å²) in [5.74, 6) is 1.13. The third kappa shape index (κ3) is 5.51. The van der Waals surface area contributed by atoms with Gasteiger partial charge in [-0.3, -0.25) is 9.48 Å². The van der Waals surface area contributed by atoms with Crippen molar-refractivity contribution in [3.63, 3.8) is 0 Å². The highest BCUT2D eigenvalue weighted by atomic mass is 35.5. The van der Waals surface area contributed by atoms with Gasteiger partial charge in [0.15, 0.2) is 5.82 Å². The average Bonchev–Trinajstić information content (AvgIpc) is 3.40. The van der Waals surface area contributed by atoms with Gasteiger partial charge in [0.2, 0.25) is 0 Å². The topological polar surface area (TPSA) is 56.1 Å². The van der Waals surface area contributed by atoms with Gasteiger partial charge in [0.1, 0.15) is 12.4 Å². The summed E-state index contributed by atoms with van der Waals surface area (Å²) >= 11 is 13.4. The molecule has 0 bridgehead atoms. The van der Waals surface area contributed by atoms with Gasteiger partial charge in [-0.2, -0.15) is 5.10 Å². The number of carbonyl (C=O) groups is 1. The second-order valence-electron chi connectivity index (χ2n) is 7.48. The van der Waals surface area contributed by atoms with Crippen molar-refractivity contribution in [1.29, 1.82) is 0 Å². The number of nitrogens with one attached hydrogen (secondary N) is 1. The Kier molecular flexibility index (Phi) is 6.84. The molecule has 4 aromatic rings. The molecule has 0 saturated heterocycles. The van der Waals surface area contributed by atoms with Crippen LogP contribution in [0, 0.1) is 13.8 Å². The Bertz CT molecular complexity index is 1270. The Morgan fingerprint density at radius 2 is 1.91 bits per heavy atom. The number of aryl methyl sites for hydroxylation is 2. The van der Waals surface area contributed by atoms with Gasteiger partial charge in [-0.05, 0) is 54.6 Å². The van der Waals surface area contributed by atoms with Crippen molar-refractivity contribution >= 4 is 46.3 Å². The van der Waals surface area contributed by atoms with E-state index in [-0.39, 0.29) is 5.91 Å². The van der Waals surface area contributed by atoms with Gasteiger partial charge in [-0.15, -0.1) is 11.3 Å². The van der Waals surface area contributed by atoms with Crippen LogP contribution in [0.4, 0.5) is 5.82 Å². The molecule has 0 radical (unpaired) electrons. The Labute approximate surface area is 200 Å². The van der Waals surface area contributed by atoms with E-state index in [2.05, 4.69) is 23.4 Å². The van der Waals surface area contributed by atoms with Gasteiger partial charge in [0.05, 0.1) is 21.5 Å². The van der Waals surface area contributed by atoms with Crippen LogP contribution in [-0.2, 0) is 13.2 Å². The zero-order chi connectivity index (χ0) is 22.7. The smallest absolute Gasteiger partial charge is 0.266 e. The predicted molar refractivity (Wildman–Crippen MR) is 130 cm³/mol. The van der Waals surface area contributed by atoms with Gasteiger partial charge in [0, 0.05) is 17.8 Å². The number of amides is 1. The SMILES string of the molecule is Cc1ccc(OCc2csc(C(=O)Nc3ccn(Cc4ccc(Cl)c(Cl)c4)n3)c2)c(C)c1. The molecule has 2 aromatic carbocycles. The quantitative estimate of drug-likeness (QED) is 0.315. The molecule has 164 valence electrons. The van der Waals surface area contributed by atoms with Crippen molar-refractivity contribution in [3.05, 3.63) is 97.3 Å². The van der Waals surface area contributed by atoms with Crippen LogP contribution in [-0.4, -0.2) is 15.7 Å². The molecule has 2 aromatic heterocycles. The molecule has 0 aliphatic rings. The van der Waals surface area contributed by atoms with Crippen molar-refractivity contribution in [1.82, 2.24) is 9.78 Å². The van der Waals surface area contributed by atoms with Gasteiger partial charge in [-0.1, -0.05) is 47.0 Å². The average molecular weight is 486 g/mol. The number of hydrogen-bond acceptors (Lipinski definition) is 4. The number of aromatic nitrogens is 2. The molecule has 5 nitrogen and oxygen atoms in total. The minimum Gasteiger partial charge on any atom is -0.489 e. The lowest BCUT2D eigenvalue weighted by Crippen LogP contribution is -2.11. The zero-order valence-electron chi connectivity index (χ0n) is 17.6.